The van der Waals surface area contributed by atoms with E-state index < -0.39 is 10.0 Å². The van der Waals surface area contributed by atoms with Crippen molar-refractivity contribution < 1.29 is 18.3 Å². The van der Waals surface area contributed by atoms with Crippen LogP contribution in [0.3, 0.4) is 0 Å². The van der Waals surface area contributed by atoms with Crippen molar-refractivity contribution in [1.82, 2.24) is 4.98 Å². The van der Waals surface area contributed by atoms with Gasteiger partial charge in [0.2, 0.25) is 0 Å². The van der Waals surface area contributed by atoms with Crippen LogP contribution in [-0.4, -0.2) is 25.1 Å². The van der Waals surface area contributed by atoms with Gasteiger partial charge in [-0.1, -0.05) is 12.1 Å². The molecule has 0 spiro atoms. The minimum Gasteiger partial charge on any atom is -0.492 e. The number of nitrogens with one attached hydrogen (secondary N) is 2. The fourth-order valence-electron chi connectivity index (χ4n) is 1.70. The number of H-pyrrole nitrogens is 1. The molecule has 108 valence electrons. The number of hydrogen-bond donors (Lipinski definition) is 3. The lowest BCUT2D eigenvalue weighted by Crippen LogP contribution is -2.13. The Hall–Kier alpha value is -1.99. The summed E-state index contributed by atoms with van der Waals surface area (Å²) < 4.78 is 32.3. The second-order valence-electron chi connectivity index (χ2n) is 4.05. The fourth-order valence-corrected chi connectivity index (χ4v) is 2.79. The first kappa shape index (κ1) is 14.4. The summed E-state index contributed by atoms with van der Waals surface area (Å²) in [6.45, 7) is 2.02. The van der Waals surface area contributed by atoms with Gasteiger partial charge in [-0.05, 0) is 25.1 Å². The topological polar surface area (TPSA) is 91.4 Å². The summed E-state index contributed by atoms with van der Waals surface area (Å²) in [6.07, 6.45) is 1.33. The molecule has 0 amide bonds. The maximum Gasteiger partial charge on any atom is 0.263 e. The van der Waals surface area contributed by atoms with Crippen LogP contribution in [0.15, 0.2) is 41.4 Å². The summed E-state index contributed by atoms with van der Waals surface area (Å²) in [7, 11) is -3.72. The molecular weight excluding hydrogens is 280 g/mol. The van der Waals surface area contributed by atoms with Crippen LogP contribution >= 0.6 is 0 Å². The molecule has 0 aliphatic carbocycles. The van der Waals surface area contributed by atoms with Gasteiger partial charge >= 0.3 is 0 Å². The quantitative estimate of drug-likeness (QED) is 0.756. The number of anilines is 1. The number of aliphatic hydroxyl groups is 1. The summed E-state index contributed by atoms with van der Waals surface area (Å²) in [6, 6.07) is 8.19. The Balaban J connectivity index is 2.28. The predicted molar refractivity (Wildman–Crippen MR) is 75.1 cm³/mol. The van der Waals surface area contributed by atoms with Gasteiger partial charge in [0.1, 0.15) is 10.6 Å². The van der Waals surface area contributed by atoms with E-state index in [0.717, 1.165) is 0 Å². The number of benzene rings is 1. The van der Waals surface area contributed by atoms with Crippen molar-refractivity contribution in [3.8, 4) is 5.75 Å². The first-order chi connectivity index (χ1) is 9.56. The normalized spacial score (nSPS) is 11.3. The summed E-state index contributed by atoms with van der Waals surface area (Å²) in [5.41, 5.74) is 0.810. The number of sulfonamides is 1. The average molecular weight is 296 g/mol. The van der Waals surface area contributed by atoms with E-state index in [1.54, 1.807) is 24.3 Å². The van der Waals surface area contributed by atoms with Crippen LogP contribution in [0, 0.1) is 0 Å². The molecule has 0 fully saturated rings. The Morgan fingerprint density at radius 3 is 2.75 bits per heavy atom. The average Bonchev–Trinajstić information content (AvgIpc) is 2.91. The van der Waals surface area contributed by atoms with Crippen molar-refractivity contribution in [1.29, 1.82) is 0 Å². The molecule has 6 nitrogen and oxygen atoms in total. The van der Waals surface area contributed by atoms with Crippen LogP contribution in [-0.2, 0) is 16.6 Å². The first-order valence-corrected chi connectivity index (χ1v) is 7.58. The molecule has 0 saturated carbocycles. The lowest BCUT2D eigenvalue weighted by Gasteiger charge is -2.11. The summed E-state index contributed by atoms with van der Waals surface area (Å²) in [5, 5.41) is 8.95. The molecule has 0 unspecified atom stereocenters. The molecule has 7 heteroatoms. The molecule has 0 bridgehead atoms. The Labute approximate surface area is 117 Å². The summed E-state index contributed by atoms with van der Waals surface area (Å²) in [5.74, 6) is 0.469. The molecule has 0 radical (unpaired) electrons. The number of rotatable bonds is 6. The molecule has 1 heterocycles. The molecule has 2 rings (SSSR count). The van der Waals surface area contributed by atoms with E-state index in [1.165, 1.54) is 12.3 Å². The maximum absolute atomic E-state index is 12.2. The second kappa shape index (κ2) is 5.98. The molecule has 1 aromatic carbocycles. The molecule has 2 aromatic rings. The highest BCUT2D eigenvalue weighted by Gasteiger charge is 2.17. The smallest absolute Gasteiger partial charge is 0.263 e. The van der Waals surface area contributed by atoms with Crippen molar-refractivity contribution in [3.05, 3.63) is 42.2 Å². The van der Waals surface area contributed by atoms with Gasteiger partial charge in [0.05, 0.1) is 18.9 Å². The Morgan fingerprint density at radius 1 is 1.35 bits per heavy atom. The zero-order chi connectivity index (χ0) is 14.6. The third-order valence-electron chi connectivity index (χ3n) is 2.63. The second-order valence-corrected chi connectivity index (χ2v) is 5.74. The van der Waals surface area contributed by atoms with Gasteiger partial charge in [-0.15, -0.1) is 0 Å². The molecule has 0 saturated heterocycles. The van der Waals surface area contributed by atoms with Crippen molar-refractivity contribution in [2.45, 2.75) is 18.4 Å². The highest BCUT2D eigenvalue weighted by molar-refractivity contribution is 7.92. The van der Waals surface area contributed by atoms with E-state index in [4.69, 9.17) is 9.84 Å². The van der Waals surface area contributed by atoms with Crippen LogP contribution in [0.4, 0.5) is 5.69 Å². The molecule has 20 heavy (non-hydrogen) atoms. The van der Waals surface area contributed by atoms with E-state index in [-0.39, 0.29) is 11.5 Å². The molecular formula is C13H16N2O4S. The van der Waals surface area contributed by atoms with E-state index in [2.05, 4.69) is 9.71 Å². The van der Waals surface area contributed by atoms with Crippen LogP contribution in [0.5, 0.6) is 5.75 Å². The minimum absolute atomic E-state index is 0.0628. The van der Waals surface area contributed by atoms with Crippen LogP contribution in [0.25, 0.3) is 0 Å². The molecule has 1 aromatic heterocycles. The SMILES string of the molecule is CCOc1ccccc1NS(=O)(=O)c1c[nH]c(CO)c1. The standard InChI is InChI=1S/C13H16N2O4S/c1-2-19-13-6-4-3-5-12(13)15-20(17,18)11-7-10(9-16)14-8-11/h3-8,14-16H,2,9H2,1H3. The van der Waals surface area contributed by atoms with Crippen LogP contribution in [0.1, 0.15) is 12.6 Å². The van der Waals surface area contributed by atoms with Gasteiger partial charge in [0.15, 0.2) is 0 Å². The Bertz CT molecular complexity index is 679. The highest BCUT2D eigenvalue weighted by atomic mass is 32.2. The van der Waals surface area contributed by atoms with E-state index in [0.29, 0.717) is 23.7 Å². The largest absolute Gasteiger partial charge is 0.492 e. The fraction of sp³-hybridized carbons (Fsp3) is 0.231. The third kappa shape index (κ3) is 3.12. The van der Waals surface area contributed by atoms with Crippen molar-refractivity contribution in [2.24, 2.45) is 0 Å². The van der Waals surface area contributed by atoms with E-state index >= 15 is 0 Å². The number of para-hydroxylation sites is 2. The number of aromatic amines is 1. The van der Waals surface area contributed by atoms with Gasteiger partial charge < -0.3 is 14.8 Å². The number of aliphatic hydroxyl groups excluding tert-OH is 1. The minimum atomic E-state index is -3.72. The molecule has 0 atom stereocenters. The van der Waals surface area contributed by atoms with Crippen LogP contribution in [0.2, 0.25) is 0 Å². The highest BCUT2D eigenvalue weighted by Crippen LogP contribution is 2.26. The van der Waals surface area contributed by atoms with Crippen molar-refractivity contribution >= 4 is 15.7 Å². The number of hydrogen-bond acceptors (Lipinski definition) is 4. The summed E-state index contributed by atoms with van der Waals surface area (Å²) >= 11 is 0. The Morgan fingerprint density at radius 2 is 2.10 bits per heavy atom. The van der Waals surface area contributed by atoms with Gasteiger partial charge in [-0.25, -0.2) is 8.42 Å². The van der Waals surface area contributed by atoms with Gasteiger partial charge in [0.25, 0.3) is 10.0 Å². The number of ether oxygens (including phenoxy) is 1. The van der Waals surface area contributed by atoms with Crippen molar-refractivity contribution in [2.75, 3.05) is 11.3 Å². The lowest BCUT2D eigenvalue weighted by atomic mass is 10.3. The van der Waals surface area contributed by atoms with E-state index in [1.807, 2.05) is 6.92 Å². The summed E-state index contributed by atoms with van der Waals surface area (Å²) in [4.78, 5) is 2.75. The van der Waals surface area contributed by atoms with Crippen LogP contribution < -0.4 is 9.46 Å². The molecule has 3 N–H and O–H groups in total. The van der Waals surface area contributed by atoms with Gasteiger partial charge in [0, 0.05) is 11.9 Å². The maximum atomic E-state index is 12.2. The monoisotopic (exact) mass is 296 g/mol. The van der Waals surface area contributed by atoms with Gasteiger partial charge in [-0.2, -0.15) is 0 Å². The molecule has 0 aliphatic rings. The zero-order valence-corrected chi connectivity index (χ0v) is 11.8. The van der Waals surface area contributed by atoms with Crippen molar-refractivity contribution in [3.63, 3.8) is 0 Å². The van der Waals surface area contributed by atoms with Gasteiger partial charge in [-0.3, -0.25) is 4.72 Å². The first-order valence-electron chi connectivity index (χ1n) is 6.09. The zero-order valence-electron chi connectivity index (χ0n) is 11.0. The Kier molecular flexibility index (Phi) is 4.31. The van der Waals surface area contributed by atoms with E-state index in [9.17, 15) is 8.42 Å². The third-order valence-corrected chi connectivity index (χ3v) is 3.97. The number of aromatic nitrogens is 1. The molecule has 0 aliphatic heterocycles. The lowest BCUT2D eigenvalue weighted by molar-refractivity contribution is 0.277. The predicted octanol–water partition coefficient (Wildman–Crippen LogP) is 1.71.